The van der Waals surface area contributed by atoms with Crippen LogP contribution in [-0.2, 0) is 12.8 Å². The van der Waals surface area contributed by atoms with Gasteiger partial charge in [0.2, 0.25) is 5.89 Å². The van der Waals surface area contributed by atoms with Crippen LogP contribution in [-0.4, -0.2) is 15.3 Å². The molecule has 0 aliphatic carbocycles. The quantitative estimate of drug-likeness (QED) is 0.531. The number of fused-ring (bicyclic) bond motifs is 1. The third kappa shape index (κ3) is 3.48. The summed E-state index contributed by atoms with van der Waals surface area (Å²) < 4.78 is 10.2. The van der Waals surface area contributed by atoms with Crippen molar-refractivity contribution in [3.63, 3.8) is 0 Å². The van der Waals surface area contributed by atoms with E-state index in [1.165, 1.54) is 11.5 Å². The Labute approximate surface area is 161 Å². The van der Waals surface area contributed by atoms with Gasteiger partial charge in [-0.25, -0.2) is 4.98 Å². The Bertz CT molecular complexity index is 1080. The minimum atomic E-state index is -0.145. The molecular formula is C21H19N3O2S. The summed E-state index contributed by atoms with van der Waals surface area (Å²) in [5.74, 6) is 0.441. The Hall–Kier alpha value is -2.99. The fourth-order valence-corrected chi connectivity index (χ4v) is 3.95. The van der Waals surface area contributed by atoms with Gasteiger partial charge in [-0.15, -0.1) is 0 Å². The van der Waals surface area contributed by atoms with Crippen LogP contribution in [0.3, 0.4) is 0 Å². The lowest BCUT2D eigenvalue weighted by atomic mass is 10.1. The summed E-state index contributed by atoms with van der Waals surface area (Å²) in [7, 11) is 0. The van der Waals surface area contributed by atoms with E-state index in [1.807, 2.05) is 55.5 Å². The van der Waals surface area contributed by atoms with Crippen molar-refractivity contribution < 1.29 is 9.21 Å². The van der Waals surface area contributed by atoms with Gasteiger partial charge in [0.1, 0.15) is 5.52 Å². The van der Waals surface area contributed by atoms with Crippen LogP contribution in [0.25, 0.3) is 11.1 Å². The van der Waals surface area contributed by atoms with Crippen molar-refractivity contribution in [1.29, 1.82) is 0 Å². The fraction of sp³-hybridized carbons (Fsp3) is 0.190. The number of oxazole rings is 1. The highest BCUT2D eigenvalue weighted by atomic mass is 32.1. The molecule has 0 atom stereocenters. The van der Waals surface area contributed by atoms with Gasteiger partial charge in [0.15, 0.2) is 5.58 Å². The van der Waals surface area contributed by atoms with E-state index in [2.05, 4.69) is 21.6 Å². The SMILES string of the molecule is CCc1ccccc1NC(=O)c1c(C)nsc1Cc1nc2ccccc2o1. The number of nitrogens with one attached hydrogen (secondary N) is 1. The van der Waals surface area contributed by atoms with Gasteiger partial charge in [-0.2, -0.15) is 4.37 Å². The minimum absolute atomic E-state index is 0.145. The highest BCUT2D eigenvalue weighted by molar-refractivity contribution is 7.06. The third-order valence-electron chi connectivity index (χ3n) is 4.46. The van der Waals surface area contributed by atoms with Gasteiger partial charge in [-0.1, -0.05) is 37.3 Å². The topological polar surface area (TPSA) is 68.0 Å². The second-order valence-corrected chi connectivity index (χ2v) is 7.14. The molecule has 2 heterocycles. The zero-order chi connectivity index (χ0) is 18.8. The van der Waals surface area contributed by atoms with Gasteiger partial charge < -0.3 is 9.73 Å². The van der Waals surface area contributed by atoms with Gasteiger partial charge >= 0.3 is 0 Å². The van der Waals surface area contributed by atoms with Gasteiger partial charge in [-0.05, 0) is 48.6 Å². The summed E-state index contributed by atoms with van der Waals surface area (Å²) in [5.41, 5.74) is 4.83. The van der Waals surface area contributed by atoms with Crippen LogP contribution in [0.15, 0.2) is 52.9 Å². The van der Waals surface area contributed by atoms with E-state index < -0.39 is 0 Å². The Morgan fingerprint density at radius 3 is 2.74 bits per heavy atom. The molecule has 0 unspecified atom stereocenters. The molecule has 4 aromatic rings. The highest BCUT2D eigenvalue weighted by Crippen LogP contribution is 2.25. The molecule has 2 aromatic carbocycles. The highest BCUT2D eigenvalue weighted by Gasteiger charge is 2.21. The lowest BCUT2D eigenvalue weighted by Gasteiger charge is -2.10. The predicted molar refractivity (Wildman–Crippen MR) is 107 cm³/mol. The summed E-state index contributed by atoms with van der Waals surface area (Å²) in [6, 6.07) is 15.5. The molecular weight excluding hydrogens is 358 g/mol. The number of anilines is 1. The van der Waals surface area contributed by atoms with Gasteiger partial charge in [0.25, 0.3) is 5.91 Å². The minimum Gasteiger partial charge on any atom is -0.440 e. The van der Waals surface area contributed by atoms with Crippen molar-refractivity contribution in [2.24, 2.45) is 0 Å². The van der Waals surface area contributed by atoms with Crippen LogP contribution >= 0.6 is 11.5 Å². The number of hydrogen-bond donors (Lipinski definition) is 1. The van der Waals surface area contributed by atoms with Crippen molar-refractivity contribution in [1.82, 2.24) is 9.36 Å². The van der Waals surface area contributed by atoms with Crippen molar-refractivity contribution in [3.05, 3.63) is 76.1 Å². The standard InChI is InChI=1S/C21H19N3O2S/c1-3-14-8-4-5-9-15(14)23-21(25)20-13(2)24-27-18(20)12-19-22-16-10-6-7-11-17(16)26-19/h4-11H,3,12H2,1-2H3,(H,23,25). The maximum atomic E-state index is 13.0. The fourth-order valence-electron chi connectivity index (χ4n) is 3.10. The molecule has 1 N–H and O–H groups in total. The molecule has 0 aliphatic heterocycles. The first-order valence-electron chi connectivity index (χ1n) is 8.84. The normalized spacial score (nSPS) is 11.0. The molecule has 0 radical (unpaired) electrons. The Balaban J connectivity index is 1.62. The second-order valence-electron chi connectivity index (χ2n) is 6.28. The van der Waals surface area contributed by atoms with Crippen molar-refractivity contribution >= 4 is 34.2 Å². The third-order valence-corrected chi connectivity index (χ3v) is 5.39. The van der Waals surface area contributed by atoms with Crippen molar-refractivity contribution in [2.75, 3.05) is 5.32 Å². The first-order chi connectivity index (χ1) is 13.2. The van der Waals surface area contributed by atoms with E-state index in [9.17, 15) is 4.79 Å². The monoisotopic (exact) mass is 377 g/mol. The summed E-state index contributed by atoms with van der Waals surface area (Å²) in [6.07, 6.45) is 1.30. The number of aromatic nitrogens is 2. The summed E-state index contributed by atoms with van der Waals surface area (Å²) in [4.78, 5) is 18.3. The molecule has 136 valence electrons. The number of amides is 1. The van der Waals surface area contributed by atoms with Crippen LogP contribution in [0.1, 0.15) is 39.3 Å². The lowest BCUT2D eigenvalue weighted by molar-refractivity contribution is 0.102. The molecule has 0 fully saturated rings. The molecule has 0 saturated heterocycles. The average molecular weight is 377 g/mol. The Kier molecular flexibility index (Phi) is 4.73. The van der Waals surface area contributed by atoms with Crippen LogP contribution in [0, 0.1) is 6.92 Å². The maximum absolute atomic E-state index is 13.0. The number of carbonyl (C=O) groups excluding carboxylic acids is 1. The number of hydrogen-bond acceptors (Lipinski definition) is 5. The van der Waals surface area contributed by atoms with Crippen LogP contribution in [0.5, 0.6) is 0 Å². The van der Waals surface area contributed by atoms with Gasteiger partial charge in [0, 0.05) is 10.6 Å². The number of aryl methyl sites for hydroxylation is 2. The summed E-state index contributed by atoms with van der Waals surface area (Å²) in [6.45, 7) is 3.92. The Morgan fingerprint density at radius 1 is 1.15 bits per heavy atom. The van der Waals surface area contributed by atoms with Crippen LogP contribution in [0.4, 0.5) is 5.69 Å². The summed E-state index contributed by atoms with van der Waals surface area (Å²) >= 11 is 1.32. The molecule has 1 amide bonds. The molecule has 0 bridgehead atoms. The first-order valence-corrected chi connectivity index (χ1v) is 9.62. The maximum Gasteiger partial charge on any atom is 0.258 e. The van der Waals surface area contributed by atoms with E-state index >= 15 is 0 Å². The predicted octanol–water partition coefficient (Wildman–Crippen LogP) is 5.00. The molecule has 5 nitrogen and oxygen atoms in total. The second kappa shape index (κ2) is 7.32. The number of benzene rings is 2. The van der Waals surface area contributed by atoms with Crippen molar-refractivity contribution in [3.8, 4) is 0 Å². The summed E-state index contributed by atoms with van der Waals surface area (Å²) in [5, 5.41) is 3.03. The molecule has 27 heavy (non-hydrogen) atoms. The van der Waals surface area contributed by atoms with Crippen molar-refractivity contribution in [2.45, 2.75) is 26.7 Å². The Morgan fingerprint density at radius 2 is 1.93 bits per heavy atom. The van der Waals surface area contributed by atoms with Gasteiger partial charge in [0.05, 0.1) is 17.7 Å². The number of nitrogens with zero attached hydrogens (tertiary/aromatic N) is 2. The number of carbonyl (C=O) groups is 1. The van der Waals surface area contributed by atoms with Crippen LogP contribution < -0.4 is 5.32 Å². The van der Waals surface area contributed by atoms with E-state index in [0.29, 0.717) is 17.9 Å². The van der Waals surface area contributed by atoms with E-state index in [-0.39, 0.29) is 5.91 Å². The number of para-hydroxylation sites is 3. The number of rotatable bonds is 5. The lowest BCUT2D eigenvalue weighted by Crippen LogP contribution is -2.15. The largest absolute Gasteiger partial charge is 0.440 e. The van der Waals surface area contributed by atoms with Crippen LogP contribution in [0.2, 0.25) is 0 Å². The molecule has 2 aromatic heterocycles. The molecule has 0 saturated carbocycles. The van der Waals surface area contributed by atoms with E-state index in [0.717, 1.165) is 39.3 Å². The average Bonchev–Trinajstić information content (AvgIpc) is 3.25. The molecule has 0 spiro atoms. The molecule has 0 aliphatic rings. The first kappa shape index (κ1) is 17.4. The molecule has 4 rings (SSSR count). The smallest absolute Gasteiger partial charge is 0.258 e. The van der Waals surface area contributed by atoms with E-state index in [1.54, 1.807) is 0 Å². The molecule has 6 heteroatoms. The zero-order valence-electron chi connectivity index (χ0n) is 15.2. The van der Waals surface area contributed by atoms with E-state index in [4.69, 9.17) is 4.42 Å². The van der Waals surface area contributed by atoms with Gasteiger partial charge in [-0.3, -0.25) is 4.79 Å². The zero-order valence-corrected chi connectivity index (χ0v) is 16.0.